The van der Waals surface area contributed by atoms with Gasteiger partial charge in [-0.25, -0.2) is 4.98 Å². The number of benzene rings is 3. The van der Waals surface area contributed by atoms with Gasteiger partial charge in [-0.3, -0.25) is 14.2 Å². The maximum atomic E-state index is 13.3. The summed E-state index contributed by atoms with van der Waals surface area (Å²) in [7, 11) is 0. The van der Waals surface area contributed by atoms with Crippen molar-refractivity contribution in [3.05, 3.63) is 88.7 Å². The van der Waals surface area contributed by atoms with Crippen LogP contribution in [-0.4, -0.2) is 27.3 Å². The van der Waals surface area contributed by atoms with Crippen LogP contribution in [-0.2, 0) is 4.79 Å². The number of carbonyl (C=O) groups excluding carboxylic acids is 1. The number of anilines is 1. The number of thioether (sulfide) groups is 1. The molecule has 0 aliphatic heterocycles. The molecule has 0 radical (unpaired) electrons. The fraction of sp³-hybridized carbons (Fsp3) is 0.120. The second kappa shape index (κ2) is 10.4. The van der Waals surface area contributed by atoms with Gasteiger partial charge in [-0.05, 0) is 67.6 Å². The molecular weight excluding hydrogens is 474 g/mol. The second-order valence-corrected chi connectivity index (χ2v) is 8.67. The first kappa shape index (κ1) is 23.9. The number of nitrogens with one attached hydrogen (secondary N) is 1. The van der Waals surface area contributed by atoms with Crippen LogP contribution >= 0.6 is 11.8 Å². The van der Waals surface area contributed by atoms with Crippen LogP contribution in [0.3, 0.4) is 0 Å². The number of para-hydroxylation sites is 1. The molecule has 1 amide bonds. The molecule has 3 aromatic carbocycles. The highest BCUT2D eigenvalue weighted by molar-refractivity contribution is 8.00. The smallest absolute Gasteiger partial charge is 0.387 e. The number of carbonyl (C=O) groups is 1. The normalized spacial score (nSPS) is 11.7. The zero-order chi connectivity index (χ0) is 24.9. The highest BCUT2D eigenvalue weighted by Crippen LogP contribution is 2.27. The molecule has 0 aliphatic rings. The van der Waals surface area contributed by atoms with E-state index < -0.39 is 11.9 Å². The summed E-state index contributed by atoms with van der Waals surface area (Å²) < 4.78 is 30.8. The average Bonchev–Trinajstić information content (AvgIpc) is 2.85. The maximum Gasteiger partial charge on any atom is 0.387 e. The van der Waals surface area contributed by atoms with Crippen LogP contribution in [0.2, 0.25) is 0 Å². The molecule has 0 saturated carbocycles. The molecule has 0 spiro atoms. The number of nitriles is 1. The Balaban J connectivity index is 1.67. The van der Waals surface area contributed by atoms with Crippen LogP contribution in [0, 0.1) is 11.3 Å². The van der Waals surface area contributed by atoms with Gasteiger partial charge in [0.15, 0.2) is 5.16 Å². The molecule has 0 bridgehead atoms. The molecule has 1 heterocycles. The highest BCUT2D eigenvalue weighted by Gasteiger charge is 2.21. The summed E-state index contributed by atoms with van der Waals surface area (Å²) in [6.07, 6.45) is 0. The minimum absolute atomic E-state index is 0.0464. The predicted molar refractivity (Wildman–Crippen MR) is 129 cm³/mol. The van der Waals surface area contributed by atoms with Crippen LogP contribution < -0.4 is 15.6 Å². The van der Waals surface area contributed by atoms with Crippen molar-refractivity contribution in [2.45, 2.75) is 23.9 Å². The van der Waals surface area contributed by atoms with Gasteiger partial charge in [-0.2, -0.15) is 14.0 Å². The minimum Gasteiger partial charge on any atom is -0.435 e. The Morgan fingerprint density at radius 3 is 2.43 bits per heavy atom. The predicted octanol–water partition coefficient (Wildman–Crippen LogP) is 4.98. The lowest BCUT2D eigenvalue weighted by atomic mass is 10.2. The van der Waals surface area contributed by atoms with E-state index in [9.17, 15) is 18.4 Å². The number of nitrogens with zero attached hydrogens (tertiary/aromatic N) is 3. The monoisotopic (exact) mass is 492 g/mol. The molecule has 176 valence electrons. The molecule has 1 unspecified atom stereocenters. The summed E-state index contributed by atoms with van der Waals surface area (Å²) in [5.74, 6) is -0.371. The molecule has 1 aromatic heterocycles. The zero-order valence-electron chi connectivity index (χ0n) is 18.3. The van der Waals surface area contributed by atoms with Crippen molar-refractivity contribution >= 4 is 34.3 Å². The first-order valence-corrected chi connectivity index (χ1v) is 11.3. The van der Waals surface area contributed by atoms with E-state index >= 15 is 0 Å². The second-order valence-electron chi connectivity index (χ2n) is 7.36. The number of halogens is 2. The van der Waals surface area contributed by atoms with Crippen molar-refractivity contribution in [3.63, 3.8) is 0 Å². The van der Waals surface area contributed by atoms with Crippen molar-refractivity contribution in [1.29, 1.82) is 5.26 Å². The van der Waals surface area contributed by atoms with Gasteiger partial charge >= 0.3 is 6.61 Å². The van der Waals surface area contributed by atoms with Gasteiger partial charge in [-0.15, -0.1) is 0 Å². The van der Waals surface area contributed by atoms with E-state index in [1.165, 1.54) is 28.8 Å². The Kier molecular flexibility index (Phi) is 7.08. The first-order valence-electron chi connectivity index (χ1n) is 10.4. The molecule has 0 aliphatic carbocycles. The lowest BCUT2D eigenvalue weighted by molar-refractivity contribution is -0.115. The summed E-state index contributed by atoms with van der Waals surface area (Å²) in [5.41, 5.74) is 1.49. The number of hydrogen-bond acceptors (Lipinski definition) is 6. The zero-order valence-corrected chi connectivity index (χ0v) is 19.1. The quantitative estimate of drug-likeness (QED) is 0.289. The van der Waals surface area contributed by atoms with Crippen LogP contribution in [0.5, 0.6) is 5.75 Å². The van der Waals surface area contributed by atoms with Gasteiger partial charge in [0.2, 0.25) is 5.91 Å². The number of aromatic nitrogens is 2. The molecule has 1 atom stereocenters. The third kappa shape index (κ3) is 5.47. The Bertz CT molecular complexity index is 1470. The van der Waals surface area contributed by atoms with Crippen molar-refractivity contribution in [3.8, 4) is 17.5 Å². The van der Waals surface area contributed by atoms with Crippen molar-refractivity contribution in [2.75, 3.05) is 5.32 Å². The summed E-state index contributed by atoms with van der Waals surface area (Å²) in [4.78, 5) is 30.8. The topological polar surface area (TPSA) is 97.0 Å². The maximum absolute atomic E-state index is 13.3. The van der Waals surface area contributed by atoms with E-state index in [1.807, 2.05) is 6.07 Å². The number of amides is 1. The summed E-state index contributed by atoms with van der Waals surface area (Å²) in [5, 5.41) is 11.7. The number of hydrogen-bond donors (Lipinski definition) is 1. The molecule has 4 aromatic rings. The van der Waals surface area contributed by atoms with E-state index in [2.05, 4.69) is 15.0 Å². The van der Waals surface area contributed by atoms with Crippen LogP contribution in [0.4, 0.5) is 14.5 Å². The Labute approximate surface area is 203 Å². The molecule has 0 saturated heterocycles. The van der Waals surface area contributed by atoms with Gasteiger partial charge < -0.3 is 10.1 Å². The summed E-state index contributed by atoms with van der Waals surface area (Å²) >= 11 is 1.08. The van der Waals surface area contributed by atoms with E-state index in [0.29, 0.717) is 27.8 Å². The largest absolute Gasteiger partial charge is 0.435 e. The summed E-state index contributed by atoms with van der Waals surface area (Å²) in [6.45, 7) is -1.29. The molecule has 1 N–H and O–H groups in total. The van der Waals surface area contributed by atoms with E-state index in [0.717, 1.165) is 11.8 Å². The van der Waals surface area contributed by atoms with Gasteiger partial charge in [0.05, 0.1) is 33.5 Å². The van der Waals surface area contributed by atoms with Gasteiger partial charge in [0, 0.05) is 5.69 Å². The number of ether oxygens (including phenoxy) is 1. The Morgan fingerprint density at radius 2 is 1.77 bits per heavy atom. The molecular formula is C25H18F2N4O3S. The van der Waals surface area contributed by atoms with Crippen molar-refractivity contribution < 1.29 is 18.3 Å². The molecule has 10 heteroatoms. The van der Waals surface area contributed by atoms with E-state index in [1.54, 1.807) is 55.5 Å². The fourth-order valence-corrected chi connectivity index (χ4v) is 4.21. The lowest BCUT2D eigenvalue weighted by Crippen LogP contribution is -2.26. The van der Waals surface area contributed by atoms with Crippen LogP contribution in [0.1, 0.15) is 12.5 Å². The minimum atomic E-state index is -2.97. The molecule has 7 nitrogen and oxygen atoms in total. The standard InChI is InChI=1S/C25H18F2N4O3S/c1-15(22(32)29-17-8-6-16(14-28)7-9-17)35-25-30-21-5-3-2-4-20(21)23(33)31(25)18-10-12-19(13-11-18)34-24(26)27/h2-13,15,24H,1H3,(H,29,32). The lowest BCUT2D eigenvalue weighted by Gasteiger charge is -2.17. The Hall–Kier alpha value is -4.23. The molecule has 35 heavy (non-hydrogen) atoms. The molecule has 0 fully saturated rings. The Morgan fingerprint density at radius 1 is 1.09 bits per heavy atom. The average molecular weight is 493 g/mol. The van der Waals surface area contributed by atoms with Gasteiger partial charge in [0.1, 0.15) is 5.75 Å². The molecule has 4 rings (SSSR count). The number of fused-ring (bicyclic) bond motifs is 1. The van der Waals surface area contributed by atoms with Crippen LogP contribution in [0.25, 0.3) is 16.6 Å². The highest BCUT2D eigenvalue weighted by atomic mass is 32.2. The SMILES string of the molecule is CC(Sc1nc2ccccc2c(=O)n1-c1ccc(OC(F)F)cc1)C(=O)Nc1ccc(C#N)cc1. The number of rotatable bonds is 7. The number of alkyl halides is 2. The third-order valence-electron chi connectivity index (χ3n) is 5.00. The van der Waals surface area contributed by atoms with E-state index in [-0.39, 0.29) is 22.4 Å². The third-order valence-corrected chi connectivity index (χ3v) is 6.05. The first-order chi connectivity index (χ1) is 16.9. The van der Waals surface area contributed by atoms with E-state index in [4.69, 9.17) is 5.26 Å². The van der Waals surface area contributed by atoms with Crippen molar-refractivity contribution in [1.82, 2.24) is 9.55 Å². The van der Waals surface area contributed by atoms with Crippen LogP contribution in [0.15, 0.2) is 82.7 Å². The summed E-state index contributed by atoms with van der Waals surface area (Å²) in [6, 6.07) is 20.9. The van der Waals surface area contributed by atoms with Gasteiger partial charge in [-0.1, -0.05) is 23.9 Å². The van der Waals surface area contributed by atoms with Gasteiger partial charge in [0.25, 0.3) is 5.56 Å². The van der Waals surface area contributed by atoms with Crippen molar-refractivity contribution in [2.24, 2.45) is 0 Å². The fourth-order valence-electron chi connectivity index (χ4n) is 3.28.